The van der Waals surface area contributed by atoms with Crippen LogP contribution in [0.3, 0.4) is 0 Å². The summed E-state index contributed by atoms with van der Waals surface area (Å²) in [6.07, 6.45) is 0. The van der Waals surface area contributed by atoms with Crippen LogP contribution in [0.5, 0.6) is 0 Å². The monoisotopic (exact) mass is 374 g/mol. The molecule has 4 nitrogen and oxygen atoms in total. The van der Waals surface area contributed by atoms with Crippen LogP contribution in [0, 0.1) is 13.8 Å². The van der Waals surface area contributed by atoms with E-state index in [1.165, 1.54) is 14.2 Å². The number of ether oxygens (including phenoxy) is 2. The van der Waals surface area contributed by atoms with Crippen molar-refractivity contribution in [3.05, 3.63) is 82.9 Å². The van der Waals surface area contributed by atoms with E-state index in [-0.39, 0.29) is 11.1 Å². The predicted molar refractivity (Wildman–Crippen MR) is 109 cm³/mol. The number of esters is 2. The standard InChI is InChI=1S/C24H22O4/c1-15-19(17-11-7-5-8-12-17)20(18-13-9-6-10-14-18)16(2)22(24(26)28-4)21(15)23(25)27-3/h5-14H,1-4H3. The number of benzene rings is 3. The summed E-state index contributed by atoms with van der Waals surface area (Å²) in [6.45, 7) is 3.68. The van der Waals surface area contributed by atoms with Gasteiger partial charge in [-0.1, -0.05) is 60.7 Å². The van der Waals surface area contributed by atoms with Gasteiger partial charge in [-0.05, 0) is 47.2 Å². The first-order valence-electron chi connectivity index (χ1n) is 8.95. The molecule has 0 N–H and O–H groups in total. The van der Waals surface area contributed by atoms with Gasteiger partial charge in [0.2, 0.25) is 0 Å². The highest BCUT2D eigenvalue weighted by molar-refractivity contribution is 6.09. The molecule has 3 aromatic rings. The van der Waals surface area contributed by atoms with Gasteiger partial charge in [-0.2, -0.15) is 0 Å². The van der Waals surface area contributed by atoms with Crippen molar-refractivity contribution in [2.24, 2.45) is 0 Å². The van der Waals surface area contributed by atoms with Gasteiger partial charge < -0.3 is 9.47 Å². The molecule has 0 aliphatic heterocycles. The quantitative estimate of drug-likeness (QED) is 0.588. The summed E-state index contributed by atoms with van der Waals surface area (Å²) in [5.41, 5.74) is 5.57. The molecule has 4 heteroatoms. The molecule has 28 heavy (non-hydrogen) atoms. The Morgan fingerprint density at radius 2 is 0.929 bits per heavy atom. The molecule has 0 amide bonds. The van der Waals surface area contributed by atoms with Crippen molar-refractivity contribution < 1.29 is 19.1 Å². The molecular weight excluding hydrogens is 352 g/mol. The summed E-state index contributed by atoms with van der Waals surface area (Å²) in [7, 11) is 2.62. The number of rotatable bonds is 4. The number of methoxy groups -OCH3 is 2. The first-order chi connectivity index (χ1) is 13.5. The third kappa shape index (κ3) is 3.29. The first kappa shape index (κ1) is 19.4. The molecule has 0 saturated carbocycles. The Morgan fingerprint density at radius 1 is 0.607 bits per heavy atom. The largest absolute Gasteiger partial charge is 0.465 e. The van der Waals surface area contributed by atoms with Gasteiger partial charge in [0.25, 0.3) is 0 Å². The summed E-state index contributed by atoms with van der Waals surface area (Å²) in [5.74, 6) is -1.12. The van der Waals surface area contributed by atoms with E-state index in [9.17, 15) is 9.59 Å². The Labute approximate surface area is 164 Å². The average molecular weight is 374 g/mol. The van der Waals surface area contributed by atoms with Gasteiger partial charge in [0.15, 0.2) is 0 Å². The summed E-state index contributed by atoms with van der Waals surface area (Å²) in [4.78, 5) is 25.3. The molecule has 3 rings (SSSR count). The van der Waals surface area contributed by atoms with Crippen LogP contribution in [0.15, 0.2) is 60.7 Å². The van der Waals surface area contributed by atoms with E-state index in [1.807, 2.05) is 74.5 Å². The molecule has 0 aliphatic rings. The van der Waals surface area contributed by atoms with Crippen molar-refractivity contribution >= 4 is 11.9 Å². The topological polar surface area (TPSA) is 52.6 Å². The maximum Gasteiger partial charge on any atom is 0.339 e. The molecular formula is C24H22O4. The lowest BCUT2D eigenvalue weighted by molar-refractivity contribution is 0.0554. The Morgan fingerprint density at radius 3 is 1.21 bits per heavy atom. The summed E-state index contributed by atoms with van der Waals surface area (Å²) in [6, 6.07) is 19.7. The molecule has 0 bridgehead atoms. The maximum atomic E-state index is 12.6. The fourth-order valence-corrected chi connectivity index (χ4v) is 3.65. The van der Waals surface area contributed by atoms with E-state index in [2.05, 4.69) is 0 Å². The third-order valence-electron chi connectivity index (χ3n) is 4.90. The fraction of sp³-hybridized carbons (Fsp3) is 0.167. The Bertz CT molecular complexity index is 937. The van der Waals surface area contributed by atoms with Crippen molar-refractivity contribution in [1.29, 1.82) is 0 Å². The molecule has 0 aliphatic carbocycles. The lowest BCUT2D eigenvalue weighted by Gasteiger charge is -2.22. The molecule has 0 heterocycles. The van der Waals surface area contributed by atoms with Crippen LogP contribution in [0.1, 0.15) is 31.8 Å². The van der Waals surface area contributed by atoms with Crippen molar-refractivity contribution in [1.82, 2.24) is 0 Å². The molecule has 3 aromatic carbocycles. The third-order valence-corrected chi connectivity index (χ3v) is 4.90. The van der Waals surface area contributed by atoms with E-state index in [1.54, 1.807) is 0 Å². The summed E-state index contributed by atoms with van der Waals surface area (Å²) < 4.78 is 9.99. The Hall–Kier alpha value is -3.40. The molecule has 0 spiro atoms. The fourth-order valence-electron chi connectivity index (χ4n) is 3.65. The number of carbonyl (C=O) groups excluding carboxylic acids is 2. The minimum atomic E-state index is -0.558. The Kier molecular flexibility index (Phi) is 5.59. The average Bonchev–Trinajstić information content (AvgIpc) is 2.74. The van der Waals surface area contributed by atoms with Crippen LogP contribution in [0.4, 0.5) is 0 Å². The maximum absolute atomic E-state index is 12.6. The first-order valence-corrected chi connectivity index (χ1v) is 8.95. The van der Waals surface area contributed by atoms with Gasteiger partial charge in [0, 0.05) is 0 Å². The molecule has 0 unspecified atom stereocenters. The second kappa shape index (κ2) is 8.09. The molecule has 0 aromatic heterocycles. The van der Waals surface area contributed by atoms with Gasteiger partial charge in [-0.3, -0.25) is 0 Å². The molecule has 0 fully saturated rings. The smallest absolute Gasteiger partial charge is 0.339 e. The van der Waals surface area contributed by atoms with Crippen molar-refractivity contribution in [3.63, 3.8) is 0 Å². The number of carbonyl (C=O) groups is 2. The Balaban J connectivity index is 2.52. The second-order valence-corrected chi connectivity index (χ2v) is 6.47. The van der Waals surface area contributed by atoms with Crippen LogP contribution >= 0.6 is 0 Å². The van der Waals surface area contributed by atoms with Gasteiger partial charge in [0.05, 0.1) is 25.3 Å². The van der Waals surface area contributed by atoms with E-state index in [4.69, 9.17) is 9.47 Å². The predicted octanol–water partition coefficient (Wildman–Crippen LogP) is 5.21. The summed E-state index contributed by atoms with van der Waals surface area (Å²) in [5, 5.41) is 0. The van der Waals surface area contributed by atoms with Gasteiger partial charge in [-0.25, -0.2) is 9.59 Å². The molecule has 0 radical (unpaired) electrons. The van der Waals surface area contributed by atoms with Crippen LogP contribution in [0.25, 0.3) is 22.3 Å². The lowest BCUT2D eigenvalue weighted by atomic mass is 9.82. The van der Waals surface area contributed by atoms with Gasteiger partial charge in [0.1, 0.15) is 0 Å². The van der Waals surface area contributed by atoms with Gasteiger partial charge >= 0.3 is 11.9 Å². The number of hydrogen-bond acceptors (Lipinski definition) is 4. The zero-order valence-electron chi connectivity index (χ0n) is 16.4. The van der Waals surface area contributed by atoms with E-state index < -0.39 is 11.9 Å². The minimum absolute atomic E-state index is 0.241. The second-order valence-electron chi connectivity index (χ2n) is 6.47. The summed E-state index contributed by atoms with van der Waals surface area (Å²) >= 11 is 0. The lowest BCUT2D eigenvalue weighted by Crippen LogP contribution is -2.17. The van der Waals surface area contributed by atoms with Crippen LogP contribution in [-0.2, 0) is 9.47 Å². The van der Waals surface area contributed by atoms with Crippen molar-refractivity contribution in [3.8, 4) is 22.3 Å². The SMILES string of the molecule is COC(=O)c1c(C)c(-c2ccccc2)c(-c2ccccc2)c(C)c1C(=O)OC. The minimum Gasteiger partial charge on any atom is -0.465 e. The van der Waals surface area contributed by atoms with E-state index >= 15 is 0 Å². The van der Waals surface area contributed by atoms with Gasteiger partial charge in [-0.15, -0.1) is 0 Å². The molecule has 0 atom stereocenters. The van der Waals surface area contributed by atoms with E-state index in [0.29, 0.717) is 11.1 Å². The molecule has 142 valence electrons. The van der Waals surface area contributed by atoms with E-state index in [0.717, 1.165) is 22.3 Å². The zero-order chi connectivity index (χ0) is 20.3. The molecule has 0 saturated heterocycles. The van der Waals surface area contributed by atoms with Crippen molar-refractivity contribution in [2.45, 2.75) is 13.8 Å². The van der Waals surface area contributed by atoms with Crippen LogP contribution in [0.2, 0.25) is 0 Å². The normalized spacial score (nSPS) is 10.4. The van der Waals surface area contributed by atoms with Crippen LogP contribution in [-0.4, -0.2) is 26.2 Å². The highest BCUT2D eigenvalue weighted by atomic mass is 16.5. The number of hydrogen-bond donors (Lipinski definition) is 0. The van der Waals surface area contributed by atoms with Crippen molar-refractivity contribution in [2.75, 3.05) is 14.2 Å². The zero-order valence-corrected chi connectivity index (χ0v) is 16.4. The highest BCUT2D eigenvalue weighted by Gasteiger charge is 2.29. The van der Waals surface area contributed by atoms with Crippen LogP contribution < -0.4 is 0 Å². The highest BCUT2D eigenvalue weighted by Crippen LogP contribution is 2.41.